The molecule has 3 aromatic rings. The van der Waals surface area contributed by atoms with Gasteiger partial charge in [-0.25, -0.2) is 0 Å². The van der Waals surface area contributed by atoms with Crippen LogP contribution in [-0.4, -0.2) is 11.3 Å². The van der Waals surface area contributed by atoms with E-state index in [4.69, 9.17) is 0 Å². The minimum Gasteiger partial charge on any atom is -0.366 e. The molecule has 0 unspecified atom stereocenters. The lowest BCUT2D eigenvalue weighted by Crippen LogP contribution is -2.19. The highest BCUT2D eigenvalue weighted by Gasteiger charge is 2.20. The molecule has 0 atom stereocenters. The molecule has 0 aliphatic rings. The summed E-state index contributed by atoms with van der Waals surface area (Å²) in [4.78, 5) is 26.5. The predicted molar refractivity (Wildman–Crippen MR) is 86.3 cm³/mol. The Morgan fingerprint density at radius 2 is 1.36 bits per heavy atom. The van der Waals surface area contributed by atoms with Gasteiger partial charge < -0.3 is 4.98 Å². The van der Waals surface area contributed by atoms with Crippen molar-refractivity contribution in [2.45, 2.75) is 5.92 Å². The summed E-state index contributed by atoms with van der Waals surface area (Å²) < 4.78 is 0. The fourth-order valence-corrected chi connectivity index (χ4v) is 2.66. The van der Waals surface area contributed by atoms with Gasteiger partial charge in [-0.05, 0) is 11.1 Å². The third-order valence-corrected chi connectivity index (χ3v) is 3.71. The van der Waals surface area contributed by atoms with Crippen LogP contribution in [0.15, 0.2) is 77.9 Å². The molecule has 22 heavy (non-hydrogen) atoms. The van der Waals surface area contributed by atoms with Gasteiger partial charge in [0.25, 0.3) is 0 Å². The number of hydrogen-bond donors (Lipinski definition) is 1. The minimum atomic E-state index is -0.230. The fraction of sp³-hybridized carbons (Fsp3) is 0.0526. The lowest BCUT2D eigenvalue weighted by molar-refractivity contribution is 0.112. The molecule has 0 aliphatic heterocycles. The van der Waals surface area contributed by atoms with Gasteiger partial charge in [0.15, 0.2) is 11.7 Å². The first-order valence-corrected chi connectivity index (χ1v) is 7.07. The molecule has 3 rings (SSSR count). The minimum absolute atomic E-state index is 0.148. The average Bonchev–Trinajstić information content (AvgIpc) is 2.59. The number of benzene rings is 2. The van der Waals surface area contributed by atoms with Crippen LogP contribution in [0, 0.1) is 0 Å². The van der Waals surface area contributed by atoms with Crippen molar-refractivity contribution in [3.8, 4) is 0 Å². The first kappa shape index (κ1) is 14.0. The van der Waals surface area contributed by atoms with E-state index in [0.29, 0.717) is 11.8 Å². The zero-order valence-corrected chi connectivity index (χ0v) is 11.9. The zero-order chi connectivity index (χ0) is 15.4. The van der Waals surface area contributed by atoms with Crippen LogP contribution in [0.4, 0.5) is 0 Å². The van der Waals surface area contributed by atoms with E-state index in [1.807, 2.05) is 60.7 Å². The van der Waals surface area contributed by atoms with E-state index >= 15 is 0 Å². The van der Waals surface area contributed by atoms with Gasteiger partial charge in [-0.15, -0.1) is 0 Å². The maximum Gasteiger partial charge on any atom is 0.196 e. The second-order valence-corrected chi connectivity index (χ2v) is 5.07. The van der Waals surface area contributed by atoms with Crippen LogP contribution in [-0.2, 0) is 0 Å². The highest BCUT2D eigenvalue weighted by Crippen LogP contribution is 2.29. The first-order chi connectivity index (χ1) is 10.8. The average molecular weight is 289 g/mol. The lowest BCUT2D eigenvalue weighted by Gasteiger charge is -2.18. The van der Waals surface area contributed by atoms with Crippen LogP contribution in [0.5, 0.6) is 0 Å². The molecular weight excluding hydrogens is 274 g/mol. The molecule has 1 N–H and O–H groups in total. The molecule has 0 radical (unpaired) electrons. The van der Waals surface area contributed by atoms with Crippen molar-refractivity contribution in [2.75, 3.05) is 0 Å². The van der Waals surface area contributed by atoms with Crippen LogP contribution >= 0.6 is 0 Å². The second kappa shape index (κ2) is 6.22. The second-order valence-electron chi connectivity index (χ2n) is 5.07. The Morgan fingerprint density at radius 3 is 1.86 bits per heavy atom. The fourth-order valence-electron chi connectivity index (χ4n) is 2.66. The van der Waals surface area contributed by atoms with Crippen LogP contribution in [0.1, 0.15) is 33.0 Å². The van der Waals surface area contributed by atoms with Crippen LogP contribution < -0.4 is 5.43 Å². The largest absolute Gasteiger partial charge is 0.366 e. The molecule has 1 heterocycles. The highest BCUT2D eigenvalue weighted by molar-refractivity contribution is 5.74. The Kier molecular flexibility index (Phi) is 3.97. The summed E-state index contributed by atoms with van der Waals surface area (Å²) in [6, 6.07) is 19.6. The standard InChI is InChI=1S/C19H15NO2/c21-13-16-11-20-12-17(19(16)22)18(14-7-3-1-4-8-14)15-9-5-2-6-10-15/h1-13,18H,(H,20,22). The molecule has 1 aromatic heterocycles. The summed E-state index contributed by atoms with van der Waals surface area (Å²) in [7, 11) is 0. The topological polar surface area (TPSA) is 49.9 Å². The number of hydrogen-bond acceptors (Lipinski definition) is 2. The zero-order valence-electron chi connectivity index (χ0n) is 11.9. The highest BCUT2D eigenvalue weighted by atomic mass is 16.1. The van der Waals surface area contributed by atoms with Gasteiger partial charge in [0.1, 0.15) is 0 Å². The lowest BCUT2D eigenvalue weighted by atomic mass is 9.85. The van der Waals surface area contributed by atoms with Crippen LogP contribution in [0.3, 0.4) is 0 Å². The number of pyridine rings is 1. The molecule has 0 saturated carbocycles. The predicted octanol–water partition coefficient (Wildman–Crippen LogP) is 3.37. The van der Waals surface area contributed by atoms with E-state index in [9.17, 15) is 9.59 Å². The van der Waals surface area contributed by atoms with Gasteiger partial charge in [0, 0.05) is 23.9 Å². The van der Waals surface area contributed by atoms with Crippen molar-refractivity contribution >= 4 is 6.29 Å². The third-order valence-electron chi connectivity index (χ3n) is 3.71. The van der Waals surface area contributed by atoms with Crippen molar-refractivity contribution in [3.63, 3.8) is 0 Å². The van der Waals surface area contributed by atoms with E-state index < -0.39 is 0 Å². The van der Waals surface area contributed by atoms with Crippen molar-refractivity contribution < 1.29 is 4.79 Å². The Hall–Kier alpha value is -2.94. The van der Waals surface area contributed by atoms with Gasteiger partial charge in [-0.1, -0.05) is 60.7 Å². The summed E-state index contributed by atoms with van der Waals surface area (Å²) >= 11 is 0. The Balaban J connectivity index is 2.23. The van der Waals surface area contributed by atoms with Gasteiger partial charge in [0.2, 0.25) is 0 Å². The van der Waals surface area contributed by atoms with E-state index in [2.05, 4.69) is 4.98 Å². The normalized spacial score (nSPS) is 10.6. The summed E-state index contributed by atoms with van der Waals surface area (Å²) in [5, 5.41) is 0. The van der Waals surface area contributed by atoms with Crippen molar-refractivity contribution in [1.82, 2.24) is 4.98 Å². The number of carbonyl (C=O) groups is 1. The molecule has 0 amide bonds. The van der Waals surface area contributed by atoms with Gasteiger partial charge in [0.05, 0.1) is 5.56 Å². The summed E-state index contributed by atoms with van der Waals surface area (Å²) in [5.74, 6) is -0.203. The number of aromatic amines is 1. The molecule has 3 nitrogen and oxygen atoms in total. The monoisotopic (exact) mass is 289 g/mol. The Labute approximate surface area is 128 Å². The molecule has 108 valence electrons. The molecule has 0 spiro atoms. The molecular formula is C19H15NO2. The van der Waals surface area contributed by atoms with Crippen molar-refractivity contribution in [2.24, 2.45) is 0 Å². The first-order valence-electron chi connectivity index (χ1n) is 7.07. The van der Waals surface area contributed by atoms with E-state index in [1.54, 1.807) is 6.20 Å². The SMILES string of the molecule is O=Cc1c[nH]cc(C(c2ccccc2)c2ccccc2)c1=O. The number of H-pyrrole nitrogens is 1. The van der Waals surface area contributed by atoms with E-state index in [-0.39, 0.29) is 16.9 Å². The molecule has 0 bridgehead atoms. The van der Waals surface area contributed by atoms with Crippen LogP contribution in [0.25, 0.3) is 0 Å². The molecule has 0 aliphatic carbocycles. The summed E-state index contributed by atoms with van der Waals surface area (Å²) in [6.07, 6.45) is 3.71. The smallest absolute Gasteiger partial charge is 0.196 e. The van der Waals surface area contributed by atoms with E-state index in [1.165, 1.54) is 6.20 Å². The van der Waals surface area contributed by atoms with Crippen molar-refractivity contribution in [3.05, 3.63) is 106 Å². The summed E-state index contributed by atoms with van der Waals surface area (Å²) in [6.45, 7) is 0. The van der Waals surface area contributed by atoms with Crippen molar-refractivity contribution in [1.29, 1.82) is 0 Å². The number of rotatable bonds is 4. The molecule has 2 aromatic carbocycles. The van der Waals surface area contributed by atoms with Gasteiger partial charge in [-0.2, -0.15) is 0 Å². The van der Waals surface area contributed by atoms with Gasteiger partial charge in [-0.3, -0.25) is 9.59 Å². The third kappa shape index (κ3) is 2.61. The summed E-state index contributed by atoms with van der Waals surface area (Å²) in [5.41, 5.74) is 2.52. The number of aldehydes is 1. The van der Waals surface area contributed by atoms with Crippen LogP contribution in [0.2, 0.25) is 0 Å². The van der Waals surface area contributed by atoms with E-state index in [0.717, 1.165) is 11.1 Å². The Bertz CT molecular complexity index is 783. The van der Waals surface area contributed by atoms with Gasteiger partial charge >= 0.3 is 0 Å². The quantitative estimate of drug-likeness (QED) is 0.749. The molecule has 0 fully saturated rings. The molecule has 3 heteroatoms. The molecule has 0 saturated heterocycles. The number of aromatic nitrogens is 1. The maximum atomic E-state index is 12.5. The maximum absolute atomic E-state index is 12.5. The number of carbonyl (C=O) groups excluding carboxylic acids is 1. The Morgan fingerprint density at radius 1 is 0.818 bits per heavy atom. The number of nitrogens with one attached hydrogen (secondary N) is 1.